The van der Waals surface area contributed by atoms with Crippen LogP contribution in [0.15, 0.2) is 71.6 Å². The number of nitrogens with one attached hydrogen (secondary N) is 1. The number of aryl methyl sites for hydroxylation is 1. The van der Waals surface area contributed by atoms with Crippen molar-refractivity contribution in [2.45, 2.75) is 38.3 Å². The van der Waals surface area contributed by atoms with Gasteiger partial charge >= 0.3 is 0 Å². The van der Waals surface area contributed by atoms with Crippen LogP contribution in [0.5, 0.6) is 11.5 Å². The summed E-state index contributed by atoms with van der Waals surface area (Å²) in [6.07, 6.45) is -0.0256. The van der Waals surface area contributed by atoms with Gasteiger partial charge in [0.25, 0.3) is 10.0 Å². The fourth-order valence-corrected chi connectivity index (χ4v) is 4.74. The first-order valence-electron chi connectivity index (χ1n) is 11.1. The molecule has 9 heteroatoms. The van der Waals surface area contributed by atoms with E-state index >= 15 is 0 Å². The molecular weight excluding hydrogens is 471 g/mol. The SMILES string of the molecule is COc1cc(CNC(=O)CN(c2ccc(F)cc2)S(=O)(=O)c2ccc(C)cc2)ccc1OC(C)C. The molecule has 7 nitrogen and oxygen atoms in total. The zero-order valence-corrected chi connectivity index (χ0v) is 20.9. The van der Waals surface area contributed by atoms with Gasteiger partial charge in [0.15, 0.2) is 11.5 Å². The fraction of sp³-hybridized carbons (Fsp3) is 0.269. The molecule has 0 saturated carbocycles. The third kappa shape index (κ3) is 6.73. The molecule has 0 spiro atoms. The standard InChI is InChI=1S/C26H29FN2O5S/c1-18(2)34-24-14-7-20(15-25(24)33-4)16-28-26(30)17-29(22-10-8-21(27)9-11-22)35(31,32)23-12-5-19(3)6-13-23/h5-15,18H,16-17H2,1-4H3,(H,28,30). The molecule has 0 atom stereocenters. The topological polar surface area (TPSA) is 84.9 Å². The monoisotopic (exact) mass is 500 g/mol. The summed E-state index contributed by atoms with van der Waals surface area (Å²) in [5.41, 5.74) is 1.83. The van der Waals surface area contributed by atoms with Gasteiger partial charge in [-0.3, -0.25) is 9.10 Å². The van der Waals surface area contributed by atoms with E-state index in [1.807, 2.05) is 20.8 Å². The average molecular weight is 501 g/mol. The van der Waals surface area contributed by atoms with Crippen LogP contribution in [0.4, 0.5) is 10.1 Å². The summed E-state index contributed by atoms with van der Waals surface area (Å²) >= 11 is 0. The maximum absolute atomic E-state index is 13.5. The number of methoxy groups -OCH3 is 1. The molecule has 35 heavy (non-hydrogen) atoms. The minimum absolute atomic E-state index is 0.0256. The number of hydrogen-bond donors (Lipinski definition) is 1. The van der Waals surface area contributed by atoms with Crippen molar-refractivity contribution in [1.82, 2.24) is 5.32 Å². The van der Waals surface area contributed by atoms with Crippen LogP contribution in [0, 0.1) is 12.7 Å². The van der Waals surface area contributed by atoms with E-state index in [0.717, 1.165) is 27.6 Å². The van der Waals surface area contributed by atoms with E-state index in [0.29, 0.717) is 11.5 Å². The molecule has 0 aromatic heterocycles. The molecule has 0 aliphatic rings. The number of nitrogens with zero attached hydrogens (tertiary/aromatic N) is 1. The van der Waals surface area contributed by atoms with Crippen LogP contribution in [0.25, 0.3) is 0 Å². The quantitative estimate of drug-likeness (QED) is 0.445. The van der Waals surface area contributed by atoms with Gasteiger partial charge in [0, 0.05) is 6.54 Å². The summed E-state index contributed by atoms with van der Waals surface area (Å²) in [5, 5.41) is 2.74. The van der Waals surface area contributed by atoms with Crippen LogP contribution in [0.1, 0.15) is 25.0 Å². The van der Waals surface area contributed by atoms with Crippen molar-refractivity contribution in [2.75, 3.05) is 18.0 Å². The number of ether oxygens (including phenoxy) is 2. The molecule has 3 aromatic rings. The molecule has 3 aromatic carbocycles. The van der Waals surface area contributed by atoms with Crippen molar-refractivity contribution >= 4 is 21.6 Å². The summed E-state index contributed by atoms with van der Waals surface area (Å²) in [6.45, 7) is 5.33. The number of hydrogen-bond acceptors (Lipinski definition) is 5. The lowest BCUT2D eigenvalue weighted by atomic mass is 10.2. The highest BCUT2D eigenvalue weighted by atomic mass is 32.2. The summed E-state index contributed by atoms with van der Waals surface area (Å²) in [5.74, 6) is 0.0841. The van der Waals surface area contributed by atoms with Gasteiger partial charge in [-0.1, -0.05) is 23.8 Å². The maximum Gasteiger partial charge on any atom is 0.264 e. The zero-order chi connectivity index (χ0) is 25.6. The van der Waals surface area contributed by atoms with Crippen molar-refractivity contribution in [1.29, 1.82) is 0 Å². The molecular formula is C26H29FN2O5S. The van der Waals surface area contributed by atoms with Crippen molar-refractivity contribution in [3.05, 3.63) is 83.7 Å². The largest absolute Gasteiger partial charge is 0.493 e. The van der Waals surface area contributed by atoms with Gasteiger partial charge in [-0.2, -0.15) is 0 Å². The Balaban J connectivity index is 1.79. The molecule has 0 fully saturated rings. The van der Waals surface area contributed by atoms with E-state index in [4.69, 9.17) is 9.47 Å². The number of carbonyl (C=O) groups excluding carboxylic acids is 1. The molecule has 0 heterocycles. The van der Waals surface area contributed by atoms with E-state index in [9.17, 15) is 17.6 Å². The number of anilines is 1. The maximum atomic E-state index is 13.5. The molecule has 0 saturated heterocycles. The second kappa shape index (κ2) is 11.2. The second-order valence-electron chi connectivity index (χ2n) is 8.23. The lowest BCUT2D eigenvalue weighted by Crippen LogP contribution is -2.40. The molecule has 0 bridgehead atoms. The third-order valence-electron chi connectivity index (χ3n) is 5.09. The summed E-state index contributed by atoms with van der Waals surface area (Å²) in [4.78, 5) is 12.9. The molecule has 0 radical (unpaired) electrons. The summed E-state index contributed by atoms with van der Waals surface area (Å²) in [7, 11) is -2.55. The number of amides is 1. The highest BCUT2D eigenvalue weighted by Crippen LogP contribution is 2.29. The second-order valence-corrected chi connectivity index (χ2v) is 10.1. The Morgan fingerprint density at radius 1 is 1.00 bits per heavy atom. The van der Waals surface area contributed by atoms with Gasteiger partial charge < -0.3 is 14.8 Å². The minimum atomic E-state index is -4.08. The van der Waals surface area contributed by atoms with Crippen LogP contribution >= 0.6 is 0 Å². The van der Waals surface area contributed by atoms with Crippen molar-refractivity contribution in [3.8, 4) is 11.5 Å². The van der Waals surface area contributed by atoms with E-state index in [1.54, 1.807) is 30.3 Å². The van der Waals surface area contributed by atoms with E-state index in [-0.39, 0.29) is 23.2 Å². The number of rotatable bonds is 10. The molecule has 3 rings (SSSR count). The molecule has 1 amide bonds. The first kappa shape index (κ1) is 26.0. The van der Waals surface area contributed by atoms with Crippen molar-refractivity contribution in [3.63, 3.8) is 0 Å². The Bertz CT molecular complexity index is 1260. The predicted octanol–water partition coefficient (Wildman–Crippen LogP) is 4.44. The van der Waals surface area contributed by atoms with Crippen LogP contribution in [-0.2, 0) is 21.4 Å². The molecule has 0 aliphatic carbocycles. The normalized spacial score (nSPS) is 11.3. The summed E-state index contributed by atoms with van der Waals surface area (Å²) < 4.78 is 52.3. The lowest BCUT2D eigenvalue weighted by Gasteiger charge is -2.24. The highest BCUT2D eigenvalue weighted by molar-refractivity contribution is 7.92. The molecule has 0 aliphatic heterocycles. The first-order valence-corrected chi connectivity index (χ1v) is 12.5. The number of carbonyl (C=O) groups is 1. The van der Waals surface area contributed by atoms with Gasteiger partial charge in [0.2, 0.25) is 5.91 Å². The number of benzene rings is 3. The first-order chi connectivity index (χ1) is 16.6. The smallest absolute Gasteiger partial charge is 0.264 e. The van der Waals surface area contributed by atoms with Crippen LogP contribution in [0.3, 0.4) is 0 Å². The van der Waals surface area contributed by atoms with Crippen LogP contribution < -0.4 is 19.1 Å². The number of halogens is 1. The molecule has 0 unspecified atom stereocenters. The average Bonchev–Trinajstić information content (AvgIpc) is 2.82. The van der Waals surface area contributed by atoms with Gasteiger partial charge in [-0.25, -0.2) is 12.8 Å². The highest BCUT2D eigenvalue weighted by Gasteiger charge is 2.27. The Morgan fingerprint density at radius 2 is 1.66 bits per heavy atom. The van der Waals surface area contributed by atoms with Gasteiger partial charge in [0.1, 0.15) is 12.4 Å². The van der Waals surface area contributed by atoms with Crippen molar-refractivity contribution < 1.29 is 27.1 Å². The lowest BCUT2D eigenvalue weighted by molar-refractivity contribution is -0.119. The summed E-state index contributed by atoms with van der Waals surface area (Å²) in [6, 6.07) is 16.6. The van der Waals surface area contributed by atoms with Gasteiger partial charge in [0.05, 0.1) is 23.8 Å². The number of sulfonamides is 1. The van der Waals surface area contributed by atoms with Gasteiger partial charge in [-0.15, -0.1) is 0 Å². The molecule has 186 valence electrons. The fourth-order valence-electron chi connectivity index (χ4n) is 3.32. The Hall–Kier alpha value is -3.59. The van der Waals surface area contributed by atoms with Gasteiger partial charge in [-0.05, 0) is 74.9 Å². The molecule has 1 N–H and O–H groups in total. The third-order valence-corrected chi connectivity index (χ3v) is 6.88. The van der Waals surface area contributed by atoms with Crippen molar-refractivity contribution in [2.24, 2.45) is 0 Å². The predicted molar refractivity (Wildman–Crippen MR) is 133 cm³/mol. The van der Waals surface area contributed by atoms with Crippen LogP contribution in [0.2, 0.25) is 0 Å². The van der Waals surface area contributed by atoms with Crippen LogP contribution in [-0.4, -0.2) is 34.1 Å². The van der Waals surface area contributed by atoms with E-state index in [1.165, 1.54) is 31.4 Å². The Morgan fingerprint density at radius 3 is 2.26 bits per heavy atom. The minimum Gasteiger partial charge on any atom is -0.493 e. The van der Waals surface area contributed by atoms with E-state index in [2.05, 4.69) is 5.32 Å². The Kier molecular flexibility index (Phi) is 8.34. The van der Waals surface area contributed by atoms with E-state index < -0.39 is 28.3 Å². The zero-order valence-electron chi connectivity index (χ0n) is 20.1. The Labute approximate surface area is 205 Å².